The average molecular weight is 486 g/mol. The summed E-state index contributed by atoms with van der Waals surface area (Å²) < 4.78 is 38.6. The van der Waals surface area contributed by atoms with E-state index in [2.05, 4.69) is 5.32 Å². The van der Waals surface area contributed by atoms with Crippen LogP contribution in [-0.4, -0.2) is 71.8 Å². The highest BCUT2D eigenvalue weighted by atomic mass is 19.3. The SMILES string of the molecule is O=C(N[C@H]1CCO[C@H]1C(=O)N1CC(F)(F)C[C@H]1C(=O)O)OCC1c2ccccc2-c2ccccc21. The third kappa shape index (κ3) is 4.34. The molecule has 0 bridgehead atoms. The lowest BCUT2D eigenvalue weighted by Crippen LogP contribution is -2.52. The van der Waals surface area contributed by atoms with Crippen molar-refractivity contribution in [3.05, 3.63) is 59.7 Å². The lowest BCUT2D eigenvalue weighted by molar-refractivity contribution is -0.153. The summed E-state index contributed by atoms with van der Waals surface area (Å²) in [5.74, 6) is -5.83. The van der Waals surface area contributed by atoms with Crippen molar-refractivity contribution in [3.8, 4) is 11.1 Å². The number of hydrogen-bond acceptors (Lipinski definition) is 5. The van der Waals surface area contributed by atoms with E-state index in [1.54, 1.807) is 0 Å². The van der Waals surface area contributed by atoms with Gasteiger partial charge in [-0.2, -0.15) is 0 Å². The van der Waals surface area contributed by atoms with E-state index < -0.39 is 55.0 Å². The van der Waals surface area contributed by atoms with Gasteiger partial charge in [-0.1, -0.05) is 48.5 Å². The second-order valence-electron chi connectivity index (χ2n) is 9.04. The van der Waals surface area contributed by atoms with E-state index in [1.165, 1.54) is 0 Å². The van der Waals surface area contributed by atoms with Crippen molar-refractivity contribution in [2.75, 3.05) is 19.8 Å². The molecule has 0 aromatic heterocycles. The number of fused-ring (bicyclic) bond motifs is 3. The lowest BCUT2D eigenvalue weighted by atomic mass is 9.98. The van der Waals surface area contributed by atoms with Crippen molar-refractivity contribution in [2.45, 2.75) is 42.9 Å². The standard InChI is InChI=1S/C25H24F2N2O6/c26-25(27)11-20(23(31)32)29(13-25)22(30)21-19(9-10-34-21)28-24(33)35-12-18-16-7-3-1-5-14(16)15-6-2-4-8-17(15)18/h1-8,18-21H,9-13H2,(H,28,33)(H,31,32)/t19-,20-,21+/m0/s1. The molecule has 10 heteroatoms. The number of amides is 2. The molecule has 0 spiro atoms. The molecular formula is C25H24F2N2O6. The van der Waals surface area contributed by atoms with Crippen molar-refractivity contribution in [1.29, 1.82) is 0 Å². The van der Waals surface area contributed by atoms with Gasteiger partial charge in [0.2, 0.25) is 0 Å². The van der Waals surface area contributed by atoms with Crippen LogP contribution < -0.4 is 5.32 Å². The molecule has 3 aliphatic rings. The maximum Gasteiger partial charge on any atom is 0.407 e. The zero-order valence-electron chi connectivity index (χ0n) is 18.7. The third-order valence-corrected chi connectivity index (χ3v) is 6.82. The van der Waals surface area contributed by atoms with Gasteiger partial charge in [-0.25, -0.2) is 18.4 Å². The number of ether oxygens (including phenoxy) is 2. The molecule has 2 aliphatic heterocycles. The minimum Gasteiger partial charge on any atom is -0.480 e. The van der Waals surface area contributed by atoms with Crippen molar-refractivity contribution in [3.63, 3.8) is 0 Å². The van der Waals surface area contributed by atoms with Gasteiger partial charge in [-0.05, 0) is 28.7 Å². The van der Waals surface area contributed by atoms with Crippen LogP contribution in [0.2, 0.25) is 0 Å². The number of carbonyl (C=O) groups is 3. The fourth-order valence-corrected chi connectivity index (χ4v) is 5.20. The molecule has 2 fully saturated rings. The van der Waals surface area contributed by atoms with E-state index in [9.17, 15) is 28.3 Å². The Morgan fingerprint density at radius 3 is 2.34 bits per heavy atom. The smallest absolute Gasteiger partial charge is 0.407 e. The van der Waals surface area contributed by atoms with Gasteiger partial charge < -0.3 is 24.8 Å². The second kappa shape index (κ2) is 8.92. The highest BCUT2D eigenvalue weighted by Crippen LogP contribution is 2.44. The summed E-state index contributed by atoms with van der Waals surface area (Å²) in [5.41, 5.74) is 4.27. The minimum absolute atomic E-state index is 0.0749. The monoisotopic (exact) mass is 486 g/mol. The Balaban J connectivity index is 1.24. The first-order chi connectivity index (χ1) is 16.7. The van der Waals surface area contributed by atoms with Crippen LogP contribution >= 0.6 is 0 Å². The first kappa shape index (κ1) is 23.2. The Bertz CT molecular complexity index is 1130. The normalized spacial score (nSPS) is 24.6. The number of alkyl carbamates (subject to hydrolysis) is 1. The molecule has 3 atom stereocenters. The van der Waals surface area contributed by atoms with Crippen LogP contribution in [0.5, 0.6) is 0 Å². The molecular weight excluding hydrogens is 462 g/mol. The number of halogens is 2. The molecule has 5 rings (SSSR count). The van der Waals surface area contributed by atoms with Gasteiger partial charge in [0.15, 0.2) is 6.10 Å². The van der Waals surface area contributed by atoms with Gasteiger partial charge in [-0.15, -0.1) is 0 Å². The topological polar surface area (TPSA) is 105 Å². The molecule has 2 heterocycles. The molecule has 0 radical (unpaired) electrons. The number of likely N-dealkylation sites (tertiary alicyclic amines) is 1. The first-order valence-corrected chi connectivity index (χ1v) is 11.4. The van der Waals surface area contributed by atoms with E-state index in [4.69, 9.17) is 9.47 Å². The molecule has 2 aromatic carbocycles. The predicted molar refractivity (Wildman–Crippen MR) is 119 cm³/mol. The van der Waals surface area contributed by atoms with Gasteiger partial charge in [0.25, 0.3) is 11.8 Å². The number of hydrogen-bond donors (Lipinski definition) is 2. The molecule has 1 aliphatic carbocycles. The largest absolute Gasteiger partial charge is 0.480 e. The molecule has 2 aromatic rings. The maximum absolute atomic E-state index is 13.8. The van der Waals surface area contributed by atoms with Crippen LogP contribution in [0.4, 0.5) is 13.6 Å². The number of benzene rings is 2. The Morgan fingerprint density at radius 2 is 1.71 bits per heavy atom. The van der Waals surface area contributed by atoms with Crippen LogP contribution in [0.1, 0.15) is 29.9 Å². The minimum atomic E-state index is -3.30. The quantitative estimate of drug-likeness (QED) is 0.673. The molecule has 2 N–H and O–H groups in total. The Kier molecular flexibility index (Phi) is 5.92. The molecule has 0 saturated carbocycles. The van der Waals surface area contributed by atoms with Crippen molar-refractivity contribution in [1.82, 2.24) is 10.2 Å². The second-order valence-corrected chi connectivity index (χ2v) is 9.04. The number of nitrogens with zero attached hydrogens (tertiary/aromatic N) is 1. The summed E-state index contributed by atoms with van der Waals surface area (Å²) >= 11 is 0. The summed E-state index contributed by atoms with van der Waals surface area (Å²) in [6.45, 7) is -0.807. The third-order valence-electron chi connectivity index (χ3n) is 6.82. The molecule has 2 amide bonds. The fourth-order valence-electron chi connectivity index (χ4n) is 5.20. The van der Waals surface area contributed by atoms with Crippen molar-refractivity contribution in [2.24, 2.45) is 0 Å². The average Bonchev–Trinajstić information content (AvgIpc) is 3.51. The van der Waals surface area contributed by atoms with Gasteiger partial charge in [0.1, 0.15) is 12.6 Å². The van der Waals surface area contributed by atoms with Crippen LogP contribution in [0.3, 0.4) is 0 Å². The number of carbonyl (C=O) groups excluding carboxylic acids is 2. The molecule has 2 saturated heterocycles. The number of nitrogens with one attached hydrogen (secondary N) is 1. The molecule has 0 unspecified atom stereocenters. The summed E-state index contributed by atoms with van der Waals surface area (Å²) in [6.07, 6.45) is -2.71. The van der Waals surface area contributed by atoms with E-state index in [0.29, 0.717) is 4.90 Å². The zero-order valence-corrected chi connectivity index (χ0v) is 18.7. The van der Waals surface area contributed by atoms with Gasteiger partial charge in [0.05, 0.1) is 12.6 Å². The zero-order chi connectivity index (χ0) is 24.7. The van der Waals surface area contributed by atoms with Gasteiger partial charge in [0, 0.05) is 18.9 Å². The van der Waals surface area contributed by atoms with E-state index in [1.807, 2.05) is 48.5 Å². The highest BCUT2D eigenvalue weighted by molar-refractivity contribution is 5.88. The first-order valence-electron chi connectivity index (χ1n) is 11.4. The van der Waals surface area contributed by atoms with Crippen molar-refractivity contribution < 1.29 is 37.7 Å². The van der Waals surface area contributed by atoms with Crippen LogP contribution in [0.15, 0.2) is 48.5 Å². The van der Waals surface area contributed by atoms with Crippen LogP contribution in [0, 0.1) is 0 Å². The Labute approximate surface area is 199 Å². The predicted octanol–water partition coefficient (Wildman–Crippen LogP) is 3.00. The van der Waals surface area contributed by atoms with E-state index in [0.717, 1.165) is 22.3 Å². The Hall–Kier alpha value is -3.53. The number of alkyl halides is 2. The number of carboxylic acid groups (broad SMARTS) is 1. The number of aliphatic carboxylic acids is 1. The Morgan fingerprint density at radius 1 is 1.09 bits per heavy atom. The number of carboxylic acids is 1. The van der Waals surface area contributed by atoms with E-state index in [-0.39, 0.29) is 25.6 Å². The molecule has 184 valence electrons. The van der Waals surface area contributed by atoms with Gasteiger partial charge >= 0.3 is 12.1 Å². The summed E-state index contributed by atoms with van der Waals surface area (Å²) in [5, 5.41) is 11.9. The maximum atomic E-state index is 13.8. The molecule has 35 heavy (non-hydrogen) atoms. The van der Waals surface area contributed by atoms with Crippen molar-refractivity contribution >= 4 is 18.0 Å². The van der Waals surface area contributed by atoms with E-state index >= 15 is 0 Å². The highest BCUT2D eigenvalue weighted by Gasteiger charge is 2.53. The van der Waals surface area contributed by atoms with Crippen LogP contribution in [0.25, 0.3) is 11.1 Å². The molecule has 8 nitrogen and oxygen atoms in total. The fraction of sp³-hybridized carbons (Fsp3) is 0.400. The summed E-state index contributed by atoms with van der Waals surface area (Å²) in [6, 6.07) is 13.3. The lowest BCUT2D eigenvalue weighted by Gasteiger charge is -2.27. The summed E-state index contributed by atoms with van der Waals surface area (Å²) in [7, 11) is 0. The number of rotatable bonds is 5. The van der Waals surface area contributed by atoms with Gasteiger partial charge in [-0.3, -0.25) is 4.79 Å². The van der Waals surface area contributed by atoms with Crippen LogP contribution in [-0.2, 0) is 19.1 Å². The summed E-state index contributed by atoms with van der Waals surface area (Å²) in [4.78, 5) is 37.5.